The Morgan fingerprint density at radius 2 is 1.91 bits per heavy atom. The number of primary amides is 1. The summed E-state index contributed by atoms with van der Waals surface area (Å²) < 4.78 is 7.38. The maximum atomic E-state index is 12.4. The minimum absolute atomic E-state index is 0.111. The van der Waals surface area contributed by atoms with Gasteiger partial charge in [0.15, 0.2) is 0 Å². The predicted octanol–water partition coefficient (Wildman–Crippen LogP) is 2.43. The van der Waals surface area contributed by atoms with Crippen LogP contribution in [-0.2, 0) is 18.3 Å². The molecule has 0 spiro atoms. The van der Waals surface area contributed by atoms with Gasteiger partial charge < -0.3 is 15.0 Å². The summed E-state index contributed by atoms with van der Waals surface area (Å²) >= 11 is 0. The van der Waals surface area contributed by atoms with Crippen molar-refractivity contribution >= 4 is 22.8 Å². The molecular weight excluding hydrogens is 292 g/mol. The van der Waals surface area contributed by atoms with Gasteiger partial charge in [0.1, 0.15) is 5.75 Å². The molecule has 1 amide bonds. The number of benzene rings is 2. The summed E-state index contributed by atoms with van der Waals surface area (Å²) in [6.45, 7) is 0. The second-order valence-corrected chi connectivity index (χ2v) is 5.35. The number of aromatic nitrogens is 1. The van der Waals surface area contributed by atoms with Crippen molar-refractivity contribution in [1.29, 1.82) is 0 Å². The molecule has 0 bridgehead atoms. The lowest BCUT2D eigenvalue weighted by molar-refractivity contribution is -0.117. The maximum absolute atomic E-state index is 12.4. The zero-order valence-corrected chi connectivity index (χ0v) is 12.7. The van der Waals surface area contributed by atoms with Crippen LogP contribution in [0.5, 0.6) is 5.75 Å². The normalized spacial score (nSPS) is 10.7. The van der Waals surface area contributed by atoms with Crippen LogP contribution in [0, 0.1) is 0 Å². The van der Waals surface area contributed by atoms with Crippen molar-refractivity contribution in [2.24, 2.45) is 12.8 Å². The summed E-state index contributed by atoms with van der Waals surface area (Å²) in [6, 6.07) is 14.2. The molecule has 0 saturated carbocycles. The fourth-order valence-electron chi connectivity index (χ4n) is 2.56. The highest BCUT2D eigenvalue weighted by atomic mass is 16.5. The Morgan fingerprint density at radius 1 is 1.13 bits per heavy atom. The number of nitrogens with two attached hydrogens (primary N) is 1. The first kappa shape index (κ1) is 14.8. The smallest absolute Gasteiger partial charge is 0.344 e. The highest BCUT2D eigenvalue weighted by Crippen LogP contribution is 2.22. The second kappa shape index (κ2) is 5.96. The van der Waals surface area contributed by atoms with E-state index in [0.717, 1.165) is 10.9 Å². The molecule has 3 aromatic rings. The summed E-state index contributed by atoms with van der Waals surface area (Å²) in [5.41, 5.74) is 7.35. The summed E-state index contributed by atoms with van der Waals surface area (Å²) in [5, 5.41) is 0.841. The lowest BCUT2D eigenvalue weighted by atomic mass is 10.1. The number of rotatable bonds is 4. The molecule has 23 heavy (non-hydrogen) atoms. The monoisotopic (exact) mass is 308 g/mol. The van der Waals surface area contributed by atoms with Gasteiger partial charge in [-0.3, -0.25) is 4.79 Å². The molecule has 1 heterocycles. The van der Waals surface area contributed by atoms with Gasteiger partial charge in [0.2, 0.25) is 5.91 Å². The Balaban J connectivity index is 1.88. The molecule has 2 N–H and O–H groups in total. The fourth-order valence-corrected chi connectivity index (χ4v) is 2.56. The van der Waals surface area contributed by atoms with Crippen molar-refractivity contribution in [2.75, 3.05) is 0 Å². The molecular formula is C18H16N2O3. The van der Waals surface area contributed by atoms with Gasteiger partial charge in [-0.2, -0.15) is 0 Å². The van der Waals surface area contributed by atoms with Crippen LogP contribution >= 0.6 is 0 Å². The SMILES string of the molecule is Cn1ccc2c(C(=O)Oc3cccc(CC(N)=O)c3)cccc21. The molecule has 0 aliphatic carbocycles. The molecule has 0 unspecified atom stereocenters. The standard InChI is InChI=1S/C18H16N2O3/c1-20-9-8-14-15(6-3-7-16(14)20)18(22)23-13-5-2-4-12(10-13)11-17(19)21/h2-10H,11H2,1H3,(H2,19,21). The van der Waals surface area contributed by atoms with E-state index in [9.17, 15) is 9.59 Å². The third-order valence-electron chi connectivity index (χ3n) is 3.64. The van der Waals surface area contributed by atoms with E-state index in [0.29, 0.717) is 16.9 Å². The molecule has 5 heteroatoms. The molecule has 0 fully saturated rings. The van der Waals surface area contributed by atoms with E-state index in [-0.39, 0.29) is 6.42 Å². The Morgan fingerprint density at radius 3 is 2.70 bits per heavy atom. The number of fused-ring (bicyclic) bond motifs is 1. The summed E-state index contributed by atoms with van der Waals surface area (Å²) in [4.78, 5) is 23.4. The van der Waals surface area contributed by atoms with Gasteiger partial charge in [-0.1, -0.05) is 18.2 Å². The number of hydrogen-bond acceptors (Lipinski definition) is 3. The molecule has 3 rings (SSSR count). The highest BCUT2D eigenvalue weighted by Gasteiger charge is 2.14. The number of ether oxygens (including phenoxy) is 1. The van der Waals surface area contributed by atoms with Gasteiger partial charge in [-0.15, -0.1) is 0 Å². The number of hydrogen-bond donors (Lipinski definition) is 1. The minimum Gasteiger partial charge on any atom is -0.423 e. The Bertz CT molecular complexity index is 896. The minimum atomic E-state index is -0.432. The van der Waals surface area contributed by atoms with Gasteiger partial charge in [-0.05, 0) is 35.9 Å². The van der Waals surface area contributed by atoms with E-state index >= 15 is 0 Å². The molecule has 0 aliphatic rings. The van der Waals surface area contributed by atoms with Gasteiger partial charge in [0.25, 0.3) is 0 Å². The zero-order valence-electron chi connectivity index (χ0n) is 12.7. The molecule has 2 aromatic carbocycles. The predicted molar refractivity (Wildman–Crippen MR) is 87.2 cm³/mol. The highest BCUT2D eigenvalue weighted by molar-refractivity contribution is 6.04. The van der Waals surface area contributed by atoms with Crippen molar-refractivity contribution in [3.8, 4) is 5.75 Å². The molecule has 0 aliphatic heterocycles. The number of aryl methyl sites for hydroxylation is 1. The van der Waals surface area contributed by atoms with Crippen LogP contribution in [0.2, 0.25) is 0 Å². The van der Waals surface area contributed by atoms with Crippen LogP contribution in [-0.4, -0.2) is 16.4 Å². The number of esters is 1. The quantitative estimate of drug-likeness (QED) is 0.594. The molecule has 0 radical (unpaired) electrons. The van der Waals surface area contributed by atoms with Crippen LogP contribution in [0.1, 0.15) is 15.9 Å². The van der Waals surface area contributed by atoms with Crippen molar-refractivity contribution in [1.82, 2.24) is 4.57 Å². The van der Waals surface area contributed by atoms with E-state index in [4.69, 9.17) is 10.5 Å². The first-order valence-electron chi connectivity index (χ1n) is 7.18. The Labute approximate surface area is 133 Å². The van der Waals surface area contributed by atoms with Gasteiger partial charge in [-0.25, -0.2) is 4.79 Å². The number of carbonyl (C=O) groups is 2. The van der Waals surface area contributed by atoms with Crippen LogP contribution in [0.3, 0.4) is 0 Å². The Kier molecular flexibility index (Phi) is 3.85. The van der Waals surface area contributed by atoms with Crippen LogP contribution in [0.15, 0.2) is 54.7 Å². The molecule has 5 nitrogen and oxygen atoms in total. The fraction of sp³-hybridized carbons (Fsp3) is 0.111. The van der Waals surface area contributed by atoms with E-state index in [1.54, 1.807) is 30.3 Å². The van der Waals surface area contributed by atoms with Crippen LogP contribution in [0.4, 0.5) is 0 Å². The first-order chi connectivity index (χ1) is 11.0. The number of nitrogens with zero attached hydrogens (tertiary/aromatic N) is 1. The van der Waals surface area contributed by atoms with Crippen molar-refractivity contribution in [2.45, 2.75) is 6.42 Å². The maximum Gasteiger partial charge on any atom is 0.344 e. The van der Waals surface area contributed by atoms with E-state index in [1.807, 2.05) is 36.0 Å². The summed E-state index contributed by atoms with van der Waals surface area (Å²) in [6.07, 6.45) is 2.01. The lowest BCUT2D eigenvalue weighted by Crippen LogP contribution is -2.14. The second-order valence-electron chi connectivity index (χ2n) is 5.35. The van der Waals surface area contributed by atoms with Gasteiger partial charge in [0.05, 0.1) is 12.0 Å². The summed E-state index contributed by atoms with van der Waals surface area (Å²) in [5.74, 6) is -0.470. The number of amides is 1. The first-order valence-corrected chi connectivity index (χ1v) is 7.18. The van der Waals surface area contributed by atoms with Crippen molar-refractivity contribution < 1.29 is 14.3 Å². The average molecular weight is 308 g/mol. The van der Waals surface area contributed by atoms with Crippen LogP contribution in [0.25, 0.3) is 10.9 Å². The molecule has 0 atom stereocenters. The average Bonchev–Trinajstić information content (AvgIpc) is 2.88. The third-order valence-corrected chi connectivity index (χ3v) is 3.64. The molecule has 0 saturated heterocycles. The van der Waals surface area contributed by atoms with E-state index in [1.165, 1.54) is 0 Å². The largest absolute Gasteiger partial charge is 0.423 e. The molecule has 116 valence electrons. The van der Waals surface area contributed by atoms with E-state index < -0.39 is 11.9 Å². The zero-order chi connectivity index (χ0) is 16.4. The van der Waals surface area contributed by atoms with Crippen LogP contribution < -0.4 is 10.5 Å². The summed E-state index contributed by atoms with van der Waals surface area (Å²) in [7, 11) is 1.92. The Hall–Kier alpha value is -3.08. The number of carbonyl (C=O) groups excluding carboxylic acids is 2. The lowest BCUT2D eigenvalue weighted by Gasteiger charge is -2.07. The van der Waals surface area contributed by atoms with Crippen molar-refractivity contribution in [3.05, 3.63) is 65.9 Å². The van der Waals surface area contributed by atoms with Gasteiger partial charge >= 0.3 is 5.97 Å². The van der Waals surface area contributed by atoms with E-state index in [2.05, 4.69) is 0 Å². The molecule has 1 aromatic heterocycles. The van der Waals surface area contributed by atoms with Gasteiger partial charge in [0, 0.05) is 24.1 Å². The van der Waals surface area contributed by atoms with Crippen molar-refractivity contribution in [3.63, 3.8) is 0 Å². The third kappa shape index (κ3) is 3.08. The topological polar surface area (TPSA) is 74.3 Å².